The summed E-state index contributed by atoms with van der Waals surface area (Å²) in [5.41, 5.74) is 3.25. The summed E-state index contributed by atoms with van der Waals surface area (Å²) in [4.78, 5) is 0. The zero-order chi connectivity index (χ0) is 15.6. The maximum absolute atomic E-state index is 14.7. The largest absolute Gasteiger partial charge is 0.310 e. The predicted octanol–water partition coefficient (Wildman–Crippen LogP) is 5.31. The Morgan fingerprint density at radius 1 is 1.29 bits per heavy atom. The molecule has 1 saturated carbocycles. The van der Waals surface area contributed by atoms with Gasteiger partial charge in [-0.1, -0.05) is 39.7 Å². The first-order valence-electron chi connectivity index (χ1n) is 8.37. The predicted molar refractivity (Wildman–Crippen MR) is 88.0 cm³/mol. The summed E-state index contributed by atoms with van der Waals surface area (Å²) in [5, 5.41) is 3.59. The van der Waals surface area contributed by atoms with Gasteiger partial charge in [0, 0.05) is 11.6 Å². The number of hydrogen-bond acceptors (Lipinski definition) is 1. The molecule has 2 atom stereocenters. The van der Waals surface area contributed by atoms with Crippen molar-refractivity contribution in [2.75, 3.05) is 6.54 Å². The van der Waals surface area contributed by atoms with Crippen LogP contribution in [-0.4, -0.2) is 6.54 Å². The Labute approximate surface area is 129 Å². The van der Waals surface area contributed by atoms with Crippen molar-refractivity contribution in [1.29, 1.82) is 0 Å². The normalized spacial score (nSPS) is 23.0. The number of aryl methyl sites for hydroxylation is 2. The topological polar surface area (TPSA) is 12.0 Å². The van der Waals surface area contributed by atoms with E-state index in [1.54, 1.807) is 6.07 Å². The number of benzene rings is 1. The fraction of sp³-hybridized carbons (Fsp3) is 0.684. The Morgan fingerprint density at radius 3 is 2.57 bits per heavy atom. The minimum absolute atomic E-state index is 0.0418. The van der Waals surface area contributed by atoms with E-state index in [9.17, 15) is 4.39 Å². The highest BCUT2D eigenvalue weighted by atomic mass is 19.1. The van der Waals surface area contributed by atoms with Gasteiger partial charge in [0.1, 0.15) is 5.82 Å². The van der Waals surface area contributed by atoms with Crippen LogP contribution in [0.2, 0.25) is 0 Å². The van der Waals surface area contributed by atoms with Gasteiger partial charge >= 0.3 is 0 Å². The van der Waals surface area contributed by atoms with Gasteiger partial charge in [-0.15, -0.1) is 0 Å². The average Bonchev–Trinajstić information content (AvgIpc) is 2.36. The number of rotatable bonds is 4. The Bertz CT molecular complexity index is 469. The van der Waals surface area contributed by atoms with Crippen molar-refractivity contribution in [3.63, 3.8) is 0 Å². The molecule has 1 N–H and O–H groups in total. The molecule has 0 heterocycles. The van der Waals surface area contributed by atoms with E-state index >= 15 is 0 Å². The lowest BCUT2D eigenvalue weighted by Gasteiger charge is -2.44. The van der Waals surface area contributed by atoms with Crippen molar-refractivity contribution in [3.8, 4) is 0 Å². The molecule has 2 heteroatoms. The SMILES string of the molecule is CCNC(c1c(C)cc(C)cc1F)C1CCCCC1(C)C. The molecule has 118 valence electrons. The van der Waals surface area contributed by atoms with Crippen LogP contribution in [-0.2, 0) is 0 Å². The molecule has 1 fully saturated rings. The maximum Gasteiger partial charge on any atom is 0.128 e. The van der Waals surface area contributed by atoms with Crippen LogP contribution in [0.4, 0.5) is 4.39 Å². The van der Waals surface area contributed by atoms with E-state index < -0.39 is 0 Å². The van der Waals surface area contributed by atoms with Crippen molar-refractivity contribution in [2.45, 2.75) is 66.3 Å². The molecule has 21 heavy (non-hydrogen) atoms. The molecule has 2 rings (SSSR count). The lowest BCUT2D eigenvalue weighted by molar-refractivity contribution is 0.0972. The fourth-order valence-corrected chi connectivity index (χ4v) is 4.13. The van der Waals surface area contributed by atoms with Crippen LogP contribution in [0.5, 0.6) is 0 Å². The number of nitrogens with one attached hydrogen (secondary N) is 1. The highest BCUT2D eigenvalue weighted by molar-refractivity contribution is 5.35. The van der Waals surface area contributed by atoms with Gasteiger partial charge in [0.2, 0.25) is 0 Å². The van der Waals surface area contributed by atoms with Crippen molar-refractivity contribution in [2.24, 2.45) is 11.3 Å². The van der Waals surface area contributed by atoms with E-state index in [0.717, 1.165) is 23.2 Å². The Kier molecular flexibility index (Phi) is 5.08. The summed E-state index contributed by atoms with van der Waals surface area (Å²) in [6.07, 6.45) is 5.00. The summed E-state index contributed by atoms with van der Waals surface area (Å²) < 4.78 is 14.7. The summed E-state index contributed by atoms with van der Waals surface area (Å²) in [6, 6.07) is 3.92. The minimum Gasteiger partial charge on any atom is -0.310 e. The monoisotopic (exact) mass is 291 g/mol. The van der Waals surface area contributed by atoms with Gasteiger partial charge in [-0.05, 0) is 61.8 Å². The smallest absolute Gasteiger partial charge is 0.128 e. The van der Waals surface area contributed by atoms with Gasteiger partial charge in [-0.3, -0.25) is 0 Å². The third kappa shape index (κ3) is 3.48. The van der Waals surface area contributed by atoms with Crippen LogP contribution in [0, 0.1) is 31.0 Å². The molecule has 1 aliphatic carbocycles. The third-order valence-corrected chi connectivity index (χ3v) is 5.21. The summed E-state index contributed by atoms with van der Waals surface area (Å²) in [6.45, 7) is 11.7. The molecular formula is C19H30FN. The zero-order valence-electron chi connectivity index (χ0n) is 14.2. The molecule has 1 aromatic carbocycles. The Morgan fingerprint density at radius 2 is 2.00 bits per heavy atom. The van der Waals surface area contributed by atoms with Crippen molar-refractivity contribution < 1.29 is 4.39 Å². The lowest BCUT2D eigenvalue weighted by Crippen LogP contribution is -2.39. The van der Waals surface area contributed by atoms with Gasteiger partial charge in [-0.2, -0.15) is 0 Å². The molecule has 1 aromatic rings. The molecule has 0 amide bonds. The number of halogens is 1. The van der Waals surface area contributed by atoms with Gasteiger partial charge < -0.3 is 5.32 Å². The van der Waals surface area contributed by atoms with Crippen LogP contribution in [0.3, 0.4) is 0 Å². The van der Waals surface area contributed by atoms with Crippen molar-refractivity contribution in [3.05, 3.63) is 34.6 Å². The van der Waals surface area contributed by atoms with Crippen LogP contribution < -0.4 is 5.32 Å². The molecule has 0 saturated heterocycles. The van der Waals surface area contributed by atoms with Crippen LogP contribution in [0.25, 0.3) is 0 Å². The van der Waals surface area contributed by atoms with Gasteiger partial charge in [0.15, 0.2) is 0 Å². The van der Waals surface area contributed by atoms with Crippen molar-refractivity contribution >= 4 is 0 Å². The molecule has 0 bridgehead atoms. The quantitative estimate of drug-likeness (QED) is 0.792. The van der Waals surface area contributed by atoms with E-state index in [-0.39, 0.29) is 17.3 Å². The van der Waals surface area contributed by atoms with Gasteiger partial charge in [0.25, 0.3) is 0 Å². The zero-order valence-corrected chi connectivity index (χ0v) is 14.2. The molecule has 1 aliphatic rings. The first-order valence-corrected chi connectivity index (χ1v) is 8.37. The fourth-order valence-electron chi connectivity index (χ4n) is 4.13. The first-order chi connectivity index (χ1) is 9.86. The van der Waals surface area contributed by atoms with Crippen LogP contribution >= 0.6 is 0 Å². The van der Waals surface area contributed by atoms with E-state index in [1.807, 2.05) is 13.8 Å². The Balaban J connectivity index is 2.44. The van der Waals surface area contributed by atoms with Gasteiger partial charge in [0.05, 0.1) is 0 Å². The molecule has 2 unspecified atom stereocenters. The van der Waals surface area contributed by atoms with E-state index in [2.05, 4.69) is 32.2 Å². The number of hydrogen-bond donors (Lipinski definition) is 1. The van der Waals surface area contributed by atoms with E-state index in [1.165, 1.54) is 25.7 Å². The third-order valence-electron chi connectivity index (χ3n) is 5.21. The second kappa shape index (κ2) is 6.48. The standard InChI is InChI=1S/C19H30FN/c1-6-21-18(15-9-7-8-10-19(15,4)5)17-14(3)11-13(2)12-16(17)20/h11-12,15,18,21H,6-10H2,1-5H3. The minimum atomic E-state index is -0.0418. The first kappa shape index (κ1) is 16.5. The molecule has 1 nitrogen and oxygen atoms in total. The molecule has 0 aliphatic heterocycles. The molecular weight excluding hydrogens is 261 g/mol. The molecule has 0 aromatic heterocycles. The summed E-state index contributed by atoms with van der Waals surface area (Å²) in [7, 11) is 0. The second-order valence-electron chi connectivity index (χ2n) is 7.35. The van der Waals surface area contributed by atoms with Crippen LogP contribution in [0.15, 0.2) is 12.1 Å². The molecule has 0 spiro atoms. The lowest BCUT2D eigenvalue weighted by atomic mass is 9.64. The summed E-state index contributed by atoms with van der Waals surface area (Å²) >= 11 is 0. The maximum atomic E-state index is 14.7. The highest BCUT2D eigenvalue weighted by Crippen LogP contribution is 2.47. The van der Waals surface area contributed by atoms with E-state index in [4.69, 9.17) is 0 Å². The van der Waals surface area contributed by atoms with Gasteiger partial charge in [-0.25, -0.2) is 4.39 Å². The highest BCUT2D eigenvalue weighted by Gasteiger charge is 2.39. The van der Waals surface area contributed by atoms with Crippen molar-refractivity contribution in [1.82, 2.24) is 5.32 Å². The average molecular weight is 291 g/mol. The van der Waals surface area contributed by atoms with Crippen LogP contribution in [0.1, 0.15) is 69.2 Å². The second-order valence-corrected chi connectivity index (χ2v) is 7.35. The molecule has 0 radical (unpaired) electrons. The summed E-state index contributed by atoms with van der Waals surface area (Å²) in [5.74, 6) is 0.460. The Hall–Kier alpha value is -0.890. The van der Waals surface area contributed by atoms with E-state index in [0.29, 0.717) is 5.92 Å².